The van der Waals surface area contributed by atoms with Crippen LogP contribution >= 0.6 is 23.1 Å². The van der Waals surface area contributed by atoms with E-state index < -0.39 is 10.2 Å². The summed E-state index contributed by atoms with van der Waals surface area (Å²) < 4.78 is 34.0. The van der Waals surface area contributed by atoms with Gasteiger partial charge in [-0.3, -0.25) is 0 Å². The van der Waals surface area contributed by atoms with Crippen molar-refractivity contribution in [2.45, 2.75) is 19.3 Å². The lowest BCUT2D eigenvalue weighted by molar-refractivity contribution is -2.00. The zero-order valence-corrected chi connectivity index (χ0v) is 30.1. The molecular weight excluding hydrogens is 692 g/mol. The summed E-state index contributed by atoms with van der Waals surface area (Å²) in [6.45, 7) is 0. The van der Waals surface area contributed by atoms with Gasteiger partial charge in [-0.05, 0) is 89.1 Å². The van der Waals surface area contributed by atoms with Crippen LogP contribution in [0.3, 0.4) is 0 Å². The van der Waals surface area contributed by atoms with E-state index in [4.69, 9.17) is 18.6 Å². The summed E-state index contributed by atoms with van der Waals surface area (Å²) in [7, 11) is -4.94. The first-order chi connectivity index (χ1) is 24.8. The van der Waals surface area contributed by atoms with Gasteiger partial charge in [0.2, 0.25) is 21.1 Å². The fourth-order valence-electron chi connectivity index (χ4n) is 5.76. The first-order valence-corrected chi connectivity index (χ1v) is 19.4. The lowest BCUT2D eigenvalue weighted by atomic mass is 9.94. The molecule has 0 saturated heterocycles. The van der Waals surface area contributed by atoms with Crippen LogP contribution in [0.25, 0.3) is 36.8 Å². The number of benzene rings is 4. The summed E-state index contributed by atoms with van der Waals surface area (Å²) in [4.78, 5) is 5.12. The molecule has 4 nitrogen and oxygen atoms in total. The highest BCUT2D eigenvalue weighted by atomic mass is 35.7. The van der Waals surface area contributed by atoms with Gasteiger partial charge in [0.05, 0.1) is 0 Å². The molecule has 254 valence electrons. The Morgan fingerprint density at radius 3 is 1.45 bits per heavy atom. The van der Waals surface area contributed by atoms with Gasteiger partial charge < -0.3 is 0 Å². The number of hydrogen-bond donors (Lipinski definition) is 0. The average molecular weight is 727 g/mol. The topological polar surface area (TPSA) is 92.2 Å². The van der Waals surface area contributed by atoms with Crippen LogP contribution in [0.5, 0.6) is 0 Å². The Kier molecular flexibility index (Phi) is 12.4. The molecule has 0 radical (unpaired) electrons. The van der Waals surface area contributed by atoms with Crippen LogP contribution in [0.4, 0.5) is 0 Å². The Labute approximate surface area is 309 Å². The highest BCUT2D eigenvalue weighted by Gasteiger charge is 2.18. The molecule has 2 heterocycles. The third-order valence-electron chi connectivity index (χ3n) is 8.15. The van der Waals surface area contributed by atoms with E-state index in [1.807, 2.05) is 23.1 Å². The maximum Gasteiger partial charge on any atom is 0.239 e. The van der Waals surface area contributed by atoms with Crippen LogP contribution in [0.2, 0.25) is 0 Å². The lowest BCUT2D eigenvalue weighted by Crippen LogP contribution is -2.68. The zero-order valence-electron chi connectivity index (χ0n) is 27.7. The Balaban J connectivity index is 0.000000839. The molecule has 1 aliphatic carbocycles. The number of allylic oxidation sites excluding steroid dienone is 9. The molecule has 0 bridgehead atoms. The van der Waals surface area contributed by atoms with Crippen LogP contribution in [0.1, 0.15) is 36.0 Å². The summed E-state index contributed by atoms with van der Waals surface area (Å²) in [6.07, 6.45) is 19.6. The zero-order chi connectivity index (χ0) is 35.5. The lowest BCUT2D eigenvalue weighted by Gasteiger charge is -2.17. The second kappa shape index (κ2) is 17.5. The first-order valence-electron chi connectivity index (χ1n) is 16.5. The molecule has 0 saturated carbocycles. The molecule has 0 amide bonds. The van der Waals surface area contributed by atoms with E-state index in [1.54, 1.807) is 0 Å². The normalized spacial score (nSPS) is 15.4. The minimum atomic E-state index is -4.94. The monoisotopic (exact) mass is 726 g/mol. The largest absolute Gasteiger partial charge is 0.239 e. The number of halogens is 1. The van der Waals surface area contributed by atoms with Crippen LogP contribution < -0.4 is 18.6 Å². The smallest absolute Gasteiger partial charge is 0.222 e. The second-order valence-corrected chi connectivity index (χ2v) is 14.8. The molecule has 0 unspecified atom stereocenters. The molecule has 51 heavy (non-hydrogen) atoms. The van der Waals surface area contributed by atoms with Crippen LogP contribution in [0, 0.1) is 10.2 Å². The Morgan fingerprint density at radius 1 is 0.529 bits per heavy atom. The van der Waals surface area contributed by atoms with Gasteiger partial charge in [-0.2, -0.15) is 0 Å². The molecule has 0 N–H and O–H groups in total. The number of hydrogen-bond acceptors (Lipinski definition) is 5. The molecule has 0 spiro atoms. The summed E-state index contributed by atoms with van der Waals surface area (Å²) in [6, 6.07) is 47.5. The van der Waals surface area contributed by atoms with Crippen LogP contribution in [-0.4, -0.2) is 0 Å². The minimum Gasteiger partial charge on any atom is -0.222 e. The van der Waals surface area contributed by atoms with Crippen molar-refractivity contribution in [1.29, 1.82) is 0 Å². The molecule has 7 rings (SSSR count). The predicted molar refractivity (Wildman–Crippen MR) is 203 cm³/mol. The van der Waals surface area contributed by atoms with Crippen molar-refractivity contribution in [3.05, 3.63) is 203 Å². The van der Waals surface area contributed by atoms with E-state index in [2.05, 4.69) is 176 Å². The Hall–Kier alpha value is -4.63. The Morgan fingerprint density at radius 2 is 0.980 bits per heavy atom. The van der Waals surface area contributed by atoms with Crippen molar-refractivity contribution < 1.29 is 28.9 Å². The van der Waals surface area contributed by atoms with E-state index in [9.17, 15) is 0 Å². The van der Waals surface area contributed by atoms with Crippen molar-refractivity contribution in [3.8, 4) is 20.9 Å². The van der Waals surface area contributed by atoms with Crippen molar-refractivity contribution in [1.82, 2.24) is 0 Å². The summed E-state index contributed by atoms with van der Waals surface area (Å²) in [5.41, 5.74) is 10.2. The molecule has 1 aromatic heterocycles. The average Bonchev–Trinajstić information content (AvgIpc) is 3.17. The van der Waals surface area contributed by atoms with Crippen LogP contribution in [0.15, 0.2) is 187 Å². The molecule has 1 aliphatic heterocycles. The molecular formula is C44H35ClO4S2. The fourth-order valence-corrected chi connectivity index (χ4v) is 8.03. The standard InChI is InChI=1S/C44H35S2.ClHO4/c1-5-16-37(17-6-1)41-29-35(30-42(45-41)38-18-7-2-8-19-38)26-24-33-14-13-15-34(28-33)25-27-36-31-43(39-20-9-3-10-21-39)46-44(32-36)40-22-11-4-12-23-40;2-1(3,4)5/h1-12,16-32H,13-15H2;(H,2,3,4,5)/q+1;/p-1. The van der Waals surface area contributed by atoms with Gasteiger partial charge in [-0.25, -0.2) is 18.6 Å². The summed E-state index contributed by atoms with van der Waals surface area (Å²) in [5, 5.41) is 0. The van der Waals surface area contributed by atoms with Gasteiger partial charge in [-0.15, -0.1) is 10.2 Å². The van der Waals surface area contributed by atoms with Gasteiger partial charge >= 0.3 is 0 Å². The maximum absolute atomic E-state index is 8.49. The van der Waals surface area contributed by atoms with Crippen LogP contribution in [-0.2, 0) is 0 Å². The maximum atomic E-state index is 8.49. The van der Waals surface area contributed by atoms with E-state index in [0.717, 1.165) is 12.8 Å². The molecule has 5 aromatic rings. The van der Waals surface area contributed by atoms with Gasteiger partial charge in [0.25, 0.3) is 0 Å². The van der Waals surface area contributed by atoms with Gasteiger partial charge in [0, 0.05) is 33.1 Å². The fraction of sp³-hybridized carbons (Fsp3) is 0.0682. The third-order valence-corrected chi connectivity index (χ3v) is 10.4. The minimum absolute atomic E-state index is 1.10. The molecule has 0 atom stereocenters. The van der Waals surface area contributed by atoms with Gasteiger partial charge in [-0.1, -0.05) is 139 Å². The molecule has 7 heteroatoms. The predicted octanol–water partition coefficient (Wildman–Crippen LogP) is 8.41. The first kappa shape index (κ1) is 36.2. The molecule has 0 fully saturated rings. The van der Waals surface area contributed by atoms with Crippen molar-refractivity contribution in [2.75, 3.05) is 0 Å². The molecule has 2 aliphatic rings. The summed E-state index contributed by atoms with van der Waals surface area (Å²) >= 11 is 3.69. The second-order valence-electron chi connectivity index (χ2n) is 11.9. The van der Waals surface area contributed by atoms with Crippen molar-refractivity contribution in [2.24, 2.45) is 0 Å². The van der Waals surface area contributed by atoms with E-state index >= 15 is 0 Å². The van der Waals surface area contributed by atoms with E-state index in [1.165, 1.54) is 70.5 Å². The number of thioether (sulfide) groups is 1. The Bertz CT molecular complexity index is 1990. The highest BCUT2D eigenvalue weighted by molar-refractivity contribution is 8.16. The number of rotatable bonds is 7. The summed E-state index contributed by atoms with van der Waals surface area (Å²) in [5.74, 6) is 0. The highest BCUT2D eigenvalue weighted by Crippen LogP contribution is 2.44. The quantitative estimate of drug-likeness (QED) is 0.157. The van der Waals surface area contributed by atoms with Crippen molar-refractivity contribution >= 4 is 39.0 Å². The van der Waals surface area contributed by atoms with Gasteiger partial charge in [0.1, 0.15) is 0 Å². The van der Waals surface area contributed by atoms with Crippen molar-refractivity contribution in [3.63, 3.8) is 0 Å². The van der Waals surface area contributed by atoms with Gasteiger partial charge in [0.15, 0.2) is 0 Å². The SMILES string of the molecule is C(/C=C1C=C(/C=C/c2cc(-c3ccccc3)[s+]c(-c3ccccc3)c2)CCC/1)=C1C=C(c2ccccc2)SC(c2ccccc2)=C1.[O-][Cl+3]([O-])([O-])[O-]. The van der Waals surface area contributed by atoms with E-state index in [-0.39, 0.29) is 0 Å². The molecule has 4 aromatic carbocycles. The third kappa shape index (κ3) is 11.2. The van der Waals surface area contributed by atoms with E-state index in [0.29, 0.717) is 0 Å².